The summed E-state index contributed by atoms with van der Waals surface area (Å²) in [7, 11) is 0. The number of ketones is 1. The van der Waals surface area contributed by atoms with Crippen molar-refractivity contribution in [3.8, 4) is 6.07 Å². The number of pyridine rings is 1. The van der Waals surface area contributed by atoms with Crippen molar-refractivity contribution in [2.75, 3.05) is 6.54 Å². The van der Waals surface area contributed by atoms with E-state index in [-0.39, 0.29) is 28.7 Å². The third-order valence-corrected chi connectivity index (χ3v) is 5.48. The lowest BCUT2D eigenvalue weighted by Gasteiger charge is -2.21. The van der Waals surface area contributed by atoms with Gasteiger partial charge in [-0.1, -0.05) is 17.7 Å². The van der Waals surface area contributed by atoms with E-state index in [2.05, 4.69) is 10.3 Å². The Bertz CT molecular complexity index is 997. The minimum Gasteiger partial charge on any atom is -0.370 e. The molecule has 3 rings (SSSR count). The fourth-order valence-corrected chi connectivity index (χ4v) is 3.56. The Kier molecular flexibility index (Phi) is 5.96. The molecule has 1 fully saturated rings. The second kappa shape index (κ2) is 8.27. The average Bonchev–Trinajstić information content (AvgIpc) is 3.47. The monoisotopic (exact) mass is 414 g/mol. The lowest BCUT2D eigenvalue weighted by Crippen LogP contribution is -2.37. The summed E-state index contributed by atoms with van der Waals surface area (Å²) in [6.45, 7) is 2.30. The van der Waals surface area contributed by atoms with E-state index in [1.165, 1.54) is 24.4 Å². The summed E-state index contributed by atoms with van der Waals surface area (Å²) >= 11 is 6.15. The van der Waals surface area contributed by atoms with Crippen LogP contribution in [-0.2, 0) is 10.2 Å². The van der Waals surface area contributed by atoms with Crippen molar-refractivity contribution in [2.45, 2.75) is 37.6 Å². The quantitative estimate of drug-likeness (QED) is 0.645. The van der Waals surface area contributed by atoms with Crippen molar-refractivity contribution in [3.05, 3.63) is 63.7 Å². The highest BCUT2D eigenvalue weighted by Crippen LogP contribution is 2.49. The molecule has 1 aromatic carbocycles. The Balaban J connectivity index is 1.88. The van der Waals surface area contributed by atoms with Crippen LogP contribution in [0.4, 0.5) is 4.39 Å². The van der Waals surface area contributed by atoms with Gasteiger partial charge >= 0.3 is 0 Å². The topological polar surface area (TPSA) is 109 Å². The first kappa shape index (κ1) is 20.9. The third kappa shape index (κ3) is 4.44. The average molecular weight is 415 g/mol. The molecule has 0 unspecified atom stereocenters. The van der Waals surface area contributed by atoms with Crippen LogP contribution in [0.15, 0.2) is 30.5 Å². The molecule has 6 nitrogen and oxygen atoms in total. The van der Waals surface area contributed by atoms with Crippen LogP contribution in [0.2, 0.25) is 5.02 Å². The smallest absolute Gasteiger partial charge is 0.218 e. The molecule has 0 saturated heterocycles. The van der Waals surface area contributed by atoms with E-state index >= 15 is 4.39 Å². The van der Waals surface area contributed by atoms with Crippen LogP contribution in [0.25, 0.3) is 0 Å². The van der Waals surface area contributed by atoms with Crippen LogP contribution in [0.5, 0.6) is 0 Å². The number of nitrogens with one attached hydrogen (secondary N) is 1. The molecule has 8 heteroatoms. The number of carbonyl (C=O) groups excluding carboxylic acids is 2. The summed E-state index contributed by atoms with van der Waals surface area (Å²) in [5, 5.41) is 12.1. The van der Waals surface area contributed by atoms with Crippen LogP contribution >= 0.6 is 11.6 Å². The zero-order chi connectivity index (χ0) is 21.2. The number of nitrogens with two attached hydrogens (primary N) is 1. The zero-order valence-corrected chi connectivity index (χ0v) is 16.6. The molecule has 150 valence electrons. The molecule has 1 saturated carbocycles. The lowest BCUT2D eigenvalue weighted by molar-refractivity contribution is -0.118. The minimum atomic E-state index is -0.657. The highest BCUT2D eigenvalue weighted by Gasteiger charge is 2.46. The van der Waals surface area contributed by atoms with Gasteiger partial charge in [-0.05, 0) is 43.5 Å². The second-order valence-electron chi connectivity index (χ2n) is 7.39. The number of hydrogen-bond acceptors (Lipinski definition) is 5. The summed E-state index contributed by atoms with van der Waals surface area (Å²) < 4.78 is 15.4. The maximum Gasteiger partial charge on any atom is 0.218 e. The summed E-state index contributed by atoms with van der Waals surface area (Å²) in [6.07, 6.45) is 2.96. The molecule has 0 aliphatic heterocycles. The van der Waals surface area contributed by atoms with Crippen molar-refractivity contribution in [3.63, 3.8) is 0 Å². The number of benzene rings is 1. The lowest BCUT2D eigenvalue weighted by atomic mass is 9.91. The Labute approximate surface area is 172 Å². The zero-order valence-electron chi connectivity index (χ0n) is 15.8. The van der Waals surface area contributed by atoms with Gasteiger partial charge in [0.1, 0.15) is 17.6 Å². The van der Waals surface area contributed by atoms with Gasteiger partial charge in [0.05, 0.1) is 16.1 Å². The van der Waals surface area contributed by atoms with E-state index in [0.29, 0.717) is 17.7 Å². The number of carbonyl (C=O) groups is 2. The molecule has 2 aromatic rings. The van der Waals surface area contributed by atoms with Gasteiger partial charge in [-0.3, -0.25) is 14.6 Å². The molecule has 0 bridgehead atoms. The van der Waals surface area contributed by atoms with Crippen LogP contribution in [0, 0.1) is 17.1 Å². The summed E-state index contributed by atoms with van der Waals surface area (Å²) in [5.74, 6) is -1.70. The standard InChI is InChI=1S/C21H20ClFN4O2/c1-12(8-17(25)28)27-11-21(6-7-21)14-3-4-15(22)18(19(14)23)20(29)16-5-2-13(9-24)10-26-16/h2-5,10,12,27H,6-8,11H2,1H3,(H2,25,28)/t12-/m0/s1. The Morgan fingerprint density at radius 3 is 2.66 bits per heavy atom. The third-order valence-electron chi connectivity index (χ3n) is 5.16. The molecule has 29 heavy (non-hydrogen) atoms. The normalized spacial score (nSPS) is 15.4. The maximum atomic E-state index is 15.4. The fraction of sp³-hybridized carbons (Fsp3) is 0.333. The van der Waals surface area contributed by atoms with Gasteiger partial charge in [0.25, 0.3) is 0 Å². The van der Waals surface area contributed by atoms with E-state index in [1.807, 2.05) is 13.0 Å². The number of hydrogen-bond donors (Lipinski definition) is 2. The minimum absolute atomic E-state index is 0.00765. The van der Waals surface area contributed by atoms with E-state index in [1.54, 1.807) is 6.07 Å². The molecule has 3 N–H and O–H groups in total. The molecule has 1 aromatic heterocycles. The molecule has 1 atom stereocenters. The summed E-state index contributed by atoms with van der Waals surface area (Å²) in [6, 6.07) is 7.73. The largest absolute Gasteiger partial charge is 0.370 e. The molecule has 1 heterocycles. The van der Waals surface area contributed by atoms with Gasteiger partial charge in [-0.25, -0.2) is 4.39 Å². The second-order valence-corrected chi connectivity index (χ2v) is 7.80. The van der Waals surface area contributed by atoms with Gasteiger partial charge in [-0.2, -0.15) is 5.26 Å². The number of nitrogens with zero attached hydrogens (tertiary/aromatic N) is 2. The van der Waals surface area contributed by atoms with Gasteiger partial charge < -0.3 is 11.1 Å². The summed E-state index contributed by atoms with van der Waals surface area (Å²) in [4.78, 5) is 27.8. The van der Waals surface area contributed by atoms with Crippen molar-refractivity contribution in [2.24, 2.45) is 5.73 Å². The van der Waals surface area contributed by atoms with Crippen molar-refractivity contribution in [1.82, 2.24) is 10.3 Å². The first-order valence-electron chi connectivity index (χ1n) is 9.18. The molecule has 0 radical (unpaired) electrons. The number of nitriles is 1. The molecule has 1 amide bonds. The molecular weight excluding hydrogens is 395 g/mol. The van der Waals surface area contributed by atoms with Crippen LogP contribution in [-0.4, -0.2) is 29.3 Å². The van der Waals surface area contributed by atoms with Gasteiger partial charge in [0, 0.05) is 30.6 Å². The van der Waals surface area contributed by atoms with Crippen molar-refractivity contribution in [1.29, 1.82) is 5.26 Å². The van der Waals surface area contributed by atoms with E-state index < -0.39 is 22.9 Å². The van der Waals surface area contributed by atoms with Crippen molar-refractivity contribution >= 4 is 23.3 Å². The SMILES string of the molecule is C[C@@H](CC(N)=O)NCC1(c2ccc(Cl)c(C(=O)c3ccc(C#N)cn3)c2F)CC1. The maximum absolute atomic E-state index is 15.4. The van der Waals surface area contributed by atoms with Crippen LogP contribution in [0.3, 0.4) is 0 Å². The Morgan fingerprint density at radius 2 is 2.10 bits per heavy atom. The van der Waals surface area contributed by atoms with E-state index in [4.69, 9.17) is 22.6 Å². The number of amides is 1. The van der Waals surface area contributed by atoms with Gasteiger partial charge in [0.15, 0.2) is 0 Å². The number of rotatable bonds is 8. The first-order valence-corrected chi connectivity index (χ1v) is 9.56. The highest BCUT2D eigenvalue weighted by molar-refractivity contribution is 6.35. The van der Waals surface area contributed by atoms with Crippen LogP contribution < -0.4 is 11.1 Å². The van der Waals surface area contributed by atoms with Gasteiger partial charge in [0.2, 0.25) is 11.7 Å². The molecular formula is C21H20ClFN4O2. The van der Waals surface area contributed by atoms with Crippen molar-refractivity contribution < 1.29 is 14.0 Å². The van der Waals surface area contributed by atoms with Crippen LogP contribution in [0.1, 0.15) is 53.4 Å². The highest BCUT2D eigenvalue weighted by atomic mass is 35.5. The Morgan fingerprint density at radius 1 is 1.38 bits per heavy atom. The first-order chi connectivity index (χ1) is 13.8. The number of primary amides is 1. The molecule has 0 spiro atoms. The van der Waals surface area contributed by atoms with Gasteiger partial charge in [-0.15, -0.1) is 0 Å². The predicted molar refractivity (Wildman–Crippen MR) is 106 cm³/mol. The molecule has 1 aliphatic rings. The number of halogens is 2. The Hall–Kier alpha value is -2.82. The van der Waals surface area contributed by atoms with E-state index in [9.17, 15) is 9.59 Å². The van der Waals surface area contributed by atoms with E-state index in [0.717, 1.165) is 12.8 Å². The molecule has 1 aliphatic carbocycles. The number of aromatic nitrogens is 1. The fourth-order valence-electron chi connectivity index (χ4n) is 3.33. The predicted octanol–water partition coefficient (Wildman–Crippen LogP) is 2.86. The summed E-state index contributed by atoms with van der Waals surface area (Å²) in [5.41, 5.74) is 5.27.